The molecular formula is C24H29NO4. The van der Waals surface area contributed by atoms with Crippen molar-refractivity contribution in [2.24, 2.45) is 5.41 Å². The summed E-state index contributed by atoms with van der Waals surface area (Å²) >= 11 is 0. The summed E-state index contributed by atoms with van der Waals surface area (Å²) in [5.41, 5.74) is 5.00. The lowest BCUT2D eigenvalue weighted by molar-refractivity contribution is -0.141. The Morgan fingerprint density at radius 2 is 1.93 bits per heavy atom. The van der Waals surface area contributed by atoms with Gasteiger partial charge in [-0.3, -0.25) is 4.79 Å². The molecule has 0 radical (unpaired) electrons. The van der Waals surface area contributed by atoms with Gasteiger partial charge >= 0.3 is 0 Å². The maximum Gasteiger partial charge on any atom is 0.229 e. The van der Waals surface area contributed by atoms with E-state index in [0.29, 0.717) is 39.1 Å². The van der Waals surface area contributed by atoms with Crippen molar-refractivity contribution in [2.75, 3.05) is 26.4 Å². The molecule has 4 rings (SSSR count). The summed E-state index contributed by atoms with van der Waals surface area (Å²) in [5.74, 6) is 0.735. The van der Waals surface area contributed by atoms with Crippen LogP contribution in [-0.4, -0.2) is 37.4 Å². The molecular weight excluding hydrogens is 366 g/mol. The van der Waals surface area contributed by atoms with Crippen molar-refractivity contribution < 1.29 is 19.4 Å². The highest BCUT2D eigenvalue weighted by atomic mass is 16.5. The van der Waals surface area contributed by atoms with Crippen molar-refractivity contribution in [3.05, 3.63) is 53.1 Å². The maximum absolute atomic E-state index is 13.1. The Balaban J connectivity index is 1.63. The Morgan fingerprint density at radius 1 is 1.14 bits per heavy atom. The first-order chi connectivity index (χ1) is 14.0. The van der Waals surface area contributed by atoms with E-state index in [1.807, 2.05) is 6.07 Å². The van der Waals surface area contributed by atoms with Crippen LogP contribution >= 0.6 is 0 Å². The van der Waals surface area contributed by atoms with Crippen LogP contribution in [0, 0.1) is 19.3 Å². The fourth-order valence-corrected chi connectivity index (χ4v) is 4.29. The van der Waals surface area contributed by atoms with E-state index < -0.39 is 5.41 Å². The van der Waals surface area contributed by atoms with Crippen LogP contribution in [-0.2, 0) is 9.53 Å². The Morgan fingerprint density at radius 3 is 2.69 bits per heavy atom. The van der Waals surface area contributed by atoms with Crippen molar-refractivity contribution in [1.29, 1.82) is 0 Å². The van der Waals surface area contributed by atoms with Crippen molar-refractivity contribution in [2.45, 2.75) is 39.2 Å². The van der Waals surface area contributed by atoms with Crippen LogP contribution in [0.4, 0.5) is 0 Å². The number of hydrogen-bond acceptors (Lipinski definition) is 4. The second-order valence-electron chi connectivity index (χ2n) is 8.28. The molecule has 5 nitrogen and oxygen atoms in total. The van der Waals surface area contributed by atoms with Gasteiger partial charge in [0.1, 0.15) is 5.75 Å². The van der Waals surface area contributed by atoms with Crippen LogP contribution in [0.3, 0.4) is 0 Å². The number of nitrogens with one attached hydrogen (secondary N) is 1. The zero-order valence-corrected chi connectivity index (χ0v) is 17.2. The summed E-state index contributed by atoms with van der Waals surface area (Å²) in [5, 5.41) is 13.2. The number of amides is 1. The molecule has 0 aromatic heterocycles. The van der Waals surface area contributed by atoms with Gasteiger partial charge in [-0.2, -0.15) is 0 Å². The van der Waals surface area contributed by atoms with Gasteiger partial charge in [-0.15, -0.1) is 0 Å². The average molecular weight is 395 g/mol. The van der Waals surface area contributed by atoms with Gasteiger partial charge in [0, 0.05) is 25.2 Å². The Kier molecular flexibility index (Phi) is 5.61. The standard InChI is InChI=1S/C24H29NO4/c1-16-3-4-17(2)19(13-16)18-5-6-22-20(14-18)21(7-10-29-22)25-23(27)24(15-26)8-11-28-12-9-24/h3-6,13-14,21,26H,7-12,15H2,1-2H3,(H,25,27). The number of ether oxygens (including phenoxy) is 2. The molecule has 2 aromatic rings. The van der Waals surface area contributed by atoms with E-state index in [4.69, 9.17) is 9.47 Å². The molecule has 2 N–H and O–H groups in total. The molecule has 2 heterocycles. The zero-order chi connectivity index (χ0) is 20.4. The molecule has 1 atom stereocenters. The van der Waals surface area contributed by atoms with E-state index in [-0.39, 0.29) is 18.6 Å². The molecule has 2 aliphatic rings. The quantitative estimate of drug-likeness (QED) is 0.828. The molecule has 0 aliphatic carbocycles. The molecule has 1 saturated heterocycles. The van der Waals surface area contributed by atoms with Gasteiger partial charge in [0.15, 0.2) is 0 Å². The van der Waals surface area contributed by atoms with Crippen LogP contribution < -0.4 is 10.1 Å². The summed E-state index contributed by atoms with van der Waals surface area (Å²) < 4.78 is 11.3. The molecule has 0 spiro atoms. The lowest BCUT2D eigenvalue weighted by Crippen LogP contribution is -2.48. The van der Waals surface area contributed by atoms with Crippen molar-refractivity contribution in [1.82, 2.24) is 5.32 Å². The average Bonchev–Trinajstić information content (AvgIpc) is 2.76. The van der Waals surface area contributed by atoms with Crippen molar-refractivity contribution in [3.63, 3.8) is 0 Å². The minimum absolute atomic E-state index is 0.0849. The van der Waals surface area contributed by atoms with Crippen molar-refractivity contribution >= 4 is 5.91 Å². The van der Waals surface area contributed by atoms with E-state index in [9.17, 15) is 9.90 Å². The molecule has 0 bridgehead atoms. The molecule has 5 heteroatoms. The number of aryl methyl sites for hydroxylation is 2. The summed E-state index contributed by atoms with van der Waals surface area (Å²) in [4.78, 5) is 13.1. The predicted octanol–water partition coefficient (Wildman–Crippen LogP) is 3.70. The first-order valence-electron chi connectivity index (χ1n) is 10.4. The molecule has 154 valence electrons. The van der Waals surface area contributed by atoms with E-state index in [0.717, 1.165) is 16.9 Å². The maximum atomic E-state index is 13.1. The number of benzene rings is 2. The molecule has 0 saturated carbocycles. The third kappa shape index (κ3) is 3.89. The SMILES string of the molecule is Cc1ccc(C)c(-c2ccc3c(c2)C(NC(=O)C2(CO)CCOCC2)CCO3)c1. The lowest BCUT2D eigenvalue weighted by Gasteiger charge is -2.36. The Hall–Kier alpha value is -2.37. The van der Waals surface area contributed by atoms with E-state index in [1.54, 1.807) is 0 Å². The summed E-state index contributed by atoms with van der Waals surface area (Å²) in [6, 6.07) is 12.5. The monoisotopic (exact) mass is 395 g/mol. The van der Waals surface area contributed by atoms with Gasteiger partial charge < -0.3 is 19.9 Å². The van der Waals surface area contributed by atoms with Gasteiger partial charge in [-0.05, 0) is 55.5 Å². The third-order valence-corrected chi connectivity index (χ3v) is 6.29. The fourth-order valence-electron chi connectivity index (χ4n) is 4.29. The van der Waals surface area contributed by atoms with Gasteiger partial charge in [0.2, 0.25) is 5.91 Å². The number of aliphatic hydroxyl groups excluding tert-OH is 1. The number of fused-ring (bicyclic) bond motifs is 1. The minimum atomic E-state index is -0.749. The van der Waals surface area contributed by atoms with Gasteiger partial charge in [0.25, 0.3) is 0 Å². The highest BCUT2D eigenvalue weighted by molar-refractivity contribution is 5.83. The summed E-state index contributed by atoms with van der Waals surface area (Å²) in [6.45, 7) is 5.64. The normalized spacial score (nSPS) is 20.4. The molecule has 1 fully saturated rings. The third-order valence-electron chi connectivity index (χ3n) is 6.29. The largest absolute Gasteiger partial charge is 0.493 e. The minimum Gasteiger partial charge on any atom is -0.493 e. The second kappa shape index (κ2) is 8.17. The predicted molar refractivity (Wildman–Crippen MR) is 112 cm³/mol. The van der Waals surface area contributed by atoms with Crippen LogP contribution in [0.5, 0.6) is 5.75 Å². The highest BCUT2D eigenvalue weighted by Gasteiger charge is 2.41. The molecule has 2 aliphatic heterocycles. The zero-order valence-electron chi connectivity index (χ0n) is 17.2. The van der Waals surface area contributed by atoms with E-state index in [1.165, 1.54) is 16.7 Å². The van der Waals surface area contributed by atoms with Crippen molar-refractivity contribution in [3.8, 4) is 16.9 Å². The number of aliphatic hydroxyl groups is 1. The number of rotatable bonds is 4. The Labute approximate surface area is 172 Å². The topological polar surface area (TPSA) is 67.8 Å². The molecule has 29 heavy (non-hydrogen) atoms. The van der Waals surface area contributed by atoms with Crippen LogP contribution in [0.2, 0.25) is 0 Å². The van der Waals surface area contributed by atoms with Crippen LogP contribution in [0.15, 0.2) is 36.4 Å². The van der Waals surface area contributed by atoms with Gasteiger partial charge in [-0.25, -0.2) is 0 Å². The first kappa shape index (κ1) is 19.9. The number of hydrogen-bond donors (Lipinski definition) is 2. The summed E-state index contributed by atoms with van der Waals surface area (Å²) in [6.07, 6.45) is 1.81. The van der Waals surface area contributed by atoms with Crippen LogP contribution in [0.25, 0.3) is 11.1 Å². The summed E-state index contributed by atoms with van der Waals surface area (Å²) in [7, 11) is 0. The molecule has 1 unspecified atom stereocenters. The lowest BCUT2D eigenvalue weighted by atomic mass is 9.79. The molecule has 1 amide bonds. The van der Waals surface area contributed by atoms with E-state index in [2.05, 4.69) is 49.5 Å². The van der Waals surface area contributed by atoms with E-state index >= 15 is 0 Å². The highest BCUT2D eigenvalue weighted by Crippen LogP contribution is 2.38. The number of carbonyl (C=O) groups excluding carboxylic acids is 1. The smallest absolute Gasteiger partial charge is 0.229 e. The fraction of sp³-hybridized carbons (Fsp3) is 0.458. The first-order valence-corrected chi connectivity index (χ1v) is 10.4. The van der Waals surface area contributed by atoms with Crippen LogP contribution in [0.1, 0.15) is 42.0 Å². The second-order valence-corrected chi connectivity index (χ2v) is 8.28. The van der Waals surface area contributed by atoms with Gasteiger partial charge in [-0.1, -0.05) is 29.8 Å². The molecule has 2 aromatic carbocycles. The number of carbonyl (C=O) groups is 1. The van der Waals surface area contributed by atoms with Gasteiger partial charge in [0.05, 0.1) is 24.7 Å². The Bertz CT molecular complexity index is 902.